The first kappa shape index (κ1) is 15.3. The highest BCUT2D eigenvalue weighted by Gasteiger charge is 2.29. The maximum Gasteiger partial charge on any atom is 0.229 e. The van der Waals surface area contributed by atoms with Crippen molar-refractivity contribution in [1.82, 2.24) is 5.32 Å². The number of hydrogen-bond acceptors (Lipinski definition) is 4. The molecule has 2 N–H and O–H groups in total. The monoisotopic (exact) mass is 298 g/mol. The maximum absolute atomic E-state index is 11.5. The highest BCUT2D eigenvalue weighted by Crippen LogP contribution is 2.31. The molecule has 1 fully saturated rings. The molecule has 0 saturated carbocycles. The Morgan fingerprint density at radius 3 is 2.65 bits per heavy atom. The summed E-state index contributed by atoms with van der Waals surface area (Å²) < 4.78 is 31.4. The van der Waals surface area contributed by atoms with E-state index in [1.807, 2.05) is 25.1 Å². The zero-order valence-corrected chi connectivity index (χ0v) is 13.1. The van der Waals surface area contributed by atoms with Gasteiger partial charge in [-0.1, -0.05) is 32.0 Å². The first-order valence-corrected chi connectivity index (χ1v) is 8.62. The Morgan fingerprint density at radius 2 is 2.10 bits per heavy atom. The standard InChI is InChI=1S/C14H22N2O3S/c1-9(2)12-8-19-14(15-12)11-7-5-6-10(3)13(11)16-20(4,17)18/h5-7,9,12,14-16H,8H2,1-4H3/t12-,14+/m0/s1. The van der Waals surface area contributed by atoms with E-state index in [4.69, 9.17) is 4.74 Å². The van der Waals surface area contributed by atoms with Gasteiger partial charge in [-0.3, -0.25) is 10.0 Å². The van der Waals surface area contributed by atoms with Gasteiger partial charge in [-0.05, 0) is 18.4 Å². The van der Waals surface area contributed by atoms with Gasteiger partial charge in [0.25, 0.3) is 0 Å². The third-order valence-corrected chi connectivity index (χ3v) is 4.06. The second-order valence-electron chi connectivity index (χ2n) is 5.64. The van der Waals surface area contributed by atoms with Gasteiger partial charge >= 0.3 is 0 Å². The van der Waals surface area contributed by atoms with Gasteiger partial charge in [-0.2, -0.15) is 0 Å². The number of benzene rings is 1. The Balaban J connectivity index is 2.31. The summed E-state index contributed by atoms with van der Waals surface area (Å²) in [6, 6.07) is 5.96. The lowest BCUT2D eigenvalue weighted by Crippen LogP contribution is -2.31. The second kappa shape index (κ2) is 5.71. The van der Waals surface area contributed by atoms with Crippen LogP contribution in [0.1, 0.15) is 31.2 Å². The topological polar surface area (TPSA) is 67.4 Å². The van der Waals surface area contributed by atoms with Gasteiger partial charge in [0.05, 0.1) is 18.6 Å². The summed E-state index contributed by atoms with van der Waals surface area (Å²) in [5.74, 6) is 0.469. The molecule has 0 spiro atoms. The molecule has 0 unspecified atom stereocenters. The predicted octanol–water partition coefficient (Wildman–Crippen LogP) is 2.01. The van der Waals surface area contributed by atoms with E-state index in [0.717, 1.165) is 17.4 Å². The molecule has 1 aromatic rings. The third-order valence-electron chi connectivity index (χ3n) is 3.49. The molecule has 0 amide bonds. The van der Waals surface area contributed by atoms with E-state index >= 15 is 0 Å². The van der Waals surface area contributed by atoms with Crippen molar-refractivity contribution in [2.75, 3.05) is 17.6 Å². The lowest BCUT2D eigenvalue weighted by molar-refractivity contribution is 0.100. The number of ether oxygens (including phenoxy) is 1. The van der Waals surface area contributed by atoms with Crippen LogP contribution in [0.15, 0.2) is 18.2 Å². The van der Waals surface area contributed by atoms with Gasteiger partial charge in [0.15, 0.2) is 0 Å². The van der Waals surface area contributed by atoms with Crippen molar-refractivity contribution in [1.29, 1.82) is 0 Å². The van der Waals surface area contributed by atoms with Gasteiger partial charge in [0.2, 0.25) is 10.0 Å². The normalized spacial score (nSPS) is 23.2. The molecule has 0 aliphatic carbocycles. The Labute approximate surface area is 120 Å². The lowest BCUT2D eigenvalue weighted by atomic mass is 10.0. The highest BCUT2D eigenvalue weighted by molar-refractivity contribution is 7.92. The van der Waals surface area contributed by atoms with Gasteiger partial charge in [-0.15, -0.1) is 0 Å². The number of anilines is 1. The summed E-state index contributed by atoms with van der Waals surface area (Å²) in [6.45, 7) is 6.78. The van der Waals surface area contributed by atoms with E-state index in [1.54, 1.807) is 0 Å². The summed E-state index contributed by atoms with van der Waals surface area (Å²) in [5, 5.41) is 3.40. The molecule has 1 aliphatic heterocycles. The second-order valence-corrected chi connectivity index (χ2v) is 7.39. The minimum Gasteiger partial charge on any atom is -0.357 e. The molecule has 1 heterocycles. The zero-order chi connectivity index (χ0) is 14.9. The van der Waals surface area contributed by atoms with Gasteiger partial charge in [-0.25, -0.2) is 8.42 Å². The van der Waals surface area contributed by atoms with Gasteiger partial charge in [0.1, 0.15) is 6.23 Å². The first-order chi connectivity index (χ1) is 9.28. The summed E-state index contributed by atoms with van der Waals surface area (Å²) >= 11 is 0. The molecule has 0 aromatic heterocycles. The minimum absolute atomic E-state index is 0.272. The number of para-hydroxylation sites is 1. The molecule has 2 rings (SSSR count). The first-order valence-electron chi connectivity index (χ1n) is 6.73. The summed E-state index contributed by atoms with van der Waals surface area (Å²) in [5.41, 5.74) is 2.32. The molecule has 1 aromatic carbocycles. The number of aryl methyl sites for hydroxylation is 1. The van der Waals surface area contributed by atoms with E-state index in [0.29, 0.717) is 18.2 Å². The van der Waals surface area contributed by atoms with Crippen LogP contribution in [-0.2, 0) is 14.8 Å². The SMILES string of the molecule is Cc1cccc([C@@H]2N[C@H](C(C)C)CO2)c1NS(C)(=O)=O. The summed E-state index contributed by atoms with van der Waals surface area (Å²) in [6.07, 6.45) is 0.884. The van der Waals surface area contributed by atoms with Crippen LogP contribution >= 0.6 is 0 Å². The molecule has 20 heavy (non-hydrogen) atoms. The van der Waals surface area contributed by atoms with Crippen molar-refractivity contribution in [3.8, 4) is 0 Å². The largest absolute Gasteiger partial charge is 0.357 e. The van der Waals surface area contributed by atoms with Crippen LogP contribution in [0.2, 0.25) is 0 Å². The summed E-state index contributed by atoms with van der Waals surface area (Å²) in [7, 11) is -3.31. The minimum atomic E-state index is -3.31. The van der Waals surface area contributed by atoms with Crippen molar-refractivity contribution >= 4 is 15.7 Å². The molecule has 1 aliphatic rings. The van der Waals surface area contributed by atoms with E-state index in [9.17, 15) is 8.42 Å². The van der Waals surface area contributed by atoms with Crippen LogP contribution in [0.5, 0.6) is 0 Å². The average Bonchev–Trinajstić information content (AvgIpc) is 2.79. The van der Waals surface area contributed by atoms with Crippen molar-refractivity contribution in [2.45, 2.75) is 33.0 Å². The third kappa shape index (κ3) is 3.50. The van der Waals surface area contributed by atoms with E-state index in [1.165, 1.54) is 0 Å². The quantitative estimate of drug-likeness (QED) is 0.892. The molecule has 0 bridgehead atoms. The molecule has 1 saturated heterocycles. The van der Waals surface area contributed by atoms with Crippen LogP contribution < -0.4 is 10.0 Å². The van der Waals surface area contributed by atoms with E-state index in [2.05, 4.69) is 23.9 Å². The molecule has 0 radical (unpaired) electrons. The molecule has 6 heteroatoms. The molecular weight excluding hydrogens is 276 g/mol. The number of hydrogen-bond donors (Lipinski definition) is 2. The van der Waals surface area contributed by atoms with Crippen molar-refractivity contribution in [3.05, 3.63) is 29.3 Å². The fraction of sp³-hybridized carbons (Fsp3) is 0.571. The maximum atomic E-state index is 11.5. The molecular formula is C14H22N2O3S. The van der Waals surface area contributed by atoms with Gasteiger partial charge < -0.3 is 4.74 Å². The summed E-state index contributed by atoms with van der Waals surface area (Å²) in [4.78, 5) is 0. The fourth-order valence-electron chi connectivity index (χ4n) is 2.29. The van der Waals surface area contributed by atoms with Crippen LogP contribution in [0.3, 0.4) is 0 Å². The van der Waals surface area contributed by atoms with Crippen molar-refractivity contribution < 1.29 is 13.2 Å². The van der Waals surface area contributed by atoms with Crippen LogP contribution in [-0.4, -0.2) is 27.3 Å². The highest BCUT2D eigenvalue weighted by atomic mass is 32.2. The van der Waals surface area contributed by atoms with E-state index in [-0.39, 0.29) is 12.3 Å². The molecule has 2 atom stereocenters. The smallest absolute Gasteiger partial charge is 0.229 e. The van der Waals surface area contributed by atoms with Gasteiger partial charge in [0, 0.05) is 11.6 Å². The van der Waals surface area contributed by atoms with Crippen LogP contribution in [0.4, 0.5) is 5.69 Å². The Morgan fingerprint density at radius 1 is 1.40 bits per heavy atom. The van der Waals surface area contributed by atoms with Crippen molar-refractivity contribution in [3.63, 3.8) is 0 Å². The average molecular weight is 298 g/mol. The van der Waals surface area contributed by atoms with E-state index < -0.39 is 10.0 Å². The van der Waals surface area contributed by atoms with Crippen LogP contribution in [0, 0.1) is 12.8 Å². The molecule has 5 nitrogen and oxygen atoms in total. The van der Waals surface area contributed by atoms with Crippen molar-refractivity contribution in [2.24, 2.45) is 5.92 Å². The molecule has 112 valence electrons. The Bertz CT molecular complexity index is 584. The number of nitrogens with one attached hydrogen (secondary N) is 2. The Hall–Kier alpha value is -1.11. The Kier molecular flexibility index (Phi) is 4.36. The predicted molar refractivity (Wildman–Crippen MR) is 80.1 cm³/mol. The number of rotatable bonds is 4. The number of sulfonamides is 1. The zero-order valence-electron chi connectivity index (χ0n) is 12.3. The van der Waals surface area contributed by atoms with Crippen LogP contribution in [0.25, 0.3) is 0 Å². The lowest BCUT2D eigenvalue weighted by Gasteiger charge is -2.19. The fourth-order valence-corrected chi connectivity index (χ4v) is 2.94.